The van der Waals surface area contributed by atoms with Crippen molar-refractivity contribution in [3.8, 4) is 0 Å². The maximum absolute atomic E-state index is 5.87. The zero-order chi connectivity index (χ0) is 12.5. The molecule has 4 heteroatoms. The molecule has 0 radical (unpaired) electrons. The maximum atomic E-state index is 5.87. The van der Waals surface area contributed by atoms with Gasteiger partial charge in [-0.25, -0.2) is 4.98 Å². The minimum atomic E-state index is 0.470. The highest BCUT2D eigenvalue weighted by atomic mass is 15.2. The number of imidazole rings is 1. The van der Waals surface area contributed by atoms with Crippen LogP contribution >= 0.6 is 0 Å². The van der Waals surface area contributed by atoms with Crippen LogP contribution in [0.15, 0.2) is 18.2 Å². The average Bonchev–Trinajstić information content (AvgIpc) is 3.03. The van der Waals surface area contributed by atoms with Crippen LogP contribution in [-0.2, 0) is 6.42 Å². The molecule has 0 aliphatic carbocycles. The molecular formula is C14H20N4. The number of aromatic amines is 1. The van der Waals surface area contributed by atoms with Crippen LogP contribution in [0.5, 0.6) is 0 Å². The third-order valence-corrected chi connectivity index (χ3v) is 3.83. The van der Waals surface area contributed by atoms with Gasteiger partial charge in [-0.2, -0.15) is 0 Å². The lowest BCUT2D eigenvalue weighted by Gasteiger charge is -2.25. The summed E-state index contributed by atoms with van der Waals surface area (Å²) in [6.45, 7) is 3.94. The Hall–Kier alpha value is -1.55. The number of aromatic nitrogens is 2. The predicted molar refractivity (Wildman–Crippen MR) is 74.9 cm³/mol. The van der Waals surface area contributed by atoms with Gasteiger partial charge in [0.2, 0.25) is 0 Å². The molecule has 1 aliphatic rings. The Kier molecular flexibility index (Phi) is 2.96. The molecule has 2 aromatic rings. The van der Waals surface area contributed by atoms with Crippen LogP contribution in [0.3, 0.4) is 0 Å². The van der Waals surface area contributed by atoms with Gasteiger partial charge in [0.1, 0.15) is 11.3 Å². The molecule has 4 nitrogen and oxygen atoms in total. The summed E-state index contributed by atoms with van der Waals surface area (Å²) in [6, 6.07) is 6.83. The summed E-state index contributed by atoms with van der Waals surface area (Å²) in [7, 11) is 0. The Morgan fingerprint density at radius 1 is 1.50 bits per heavy atom. The first-order valence-electron chi connectivity index (χ1n) is 6.77. The van der Waals surface area contributed by atoms with Gasteiger partial charge >= 0.3 is 0 Å². The standard InChI is InChI=1S/C14H20N4/c1-2-13-16-11-6-3-7-12(14(11)17-13)18-8-4-5-10(18)9-15/h3,6-7,10H,2,4-5,8-9,15H2,1H3,(H,16,17). The maximum Gasteiger partial charge on any atom is 0.112 e. The average molecular weight is 244 g/mol. The summed E-state index contributed by atoms with van der Waals surface area (Å²) in [5, 5.41) is 0. The first-order chi connectivity index (χ1) is 8.83. The van der Waals surface area contributed by atoms with Crippen molar-refractivity contribution in [1.29, 1.82) is 0 Å². The van der Waals surface area contributed by atoms with Gasteiger partial charge in [-0.3, -0.25) is 0 Å². The van der Waals surface area contributed by atoms with E-state index in [-0.39, 0.29) is 0 Å². The largest absolute Gasteiger partial charge is 0.365 e. The summed E-state index contributed by atoms with van der Waals surface area (Å²) in [4.78, 5) is 10.5. The molecule has 1 aliphatic heterocycles. The molecule has 1 aromatic heterocycles. The molecule has 1 atom stereocenters. The van der Waals surface area contributed by atoms with E-state index < -0.39 is 0 Å². The third kappa shape index (κ3) is 1.77. The van der Waals surface area contributed by atoms with Gasteiger partial charge in [0.25, 0.3) is 0 Å². The van der Waals surface area contributed by atoms with E-state index in [1.165, 1.54) is 18.5 Å². The van der Waals surface area contributed by atoms with Crippen LogP contribution in [-0.4, -0.2) is 29.1 Å². The number of hydrogen-bond donors (Lipinski definition) is 2. The zero-order valence-corrected chi connectivity index (χ0v) is 10.8. The van der Waals surface area contributed by atoms with E-state index in [4.69, 9.17) is 10.7 Å². The van der Waals surface area contributed by atoms with E-state index in [0.717, 1.165) is 36.4 Å². The van der Waals surface area contributed by atoms with Gasteiger partial charge in [-0.1, -0.05) is 13.0 Å². The number of rotatable bonds is 3. The van der Waals surface area contributed by atoms with Crippen molar-refractivity contribution in [3.05, 3.63) is 24.0 Å². The fourth-order valence-corrected chi connectivity index (χ4v) is 2.87. The quantitative estimate of drug-likeness (QED) is 0.868. The van der Waals surface area contributed by atoms with E-state index in [0.29, 0.717) is 6.04 Å². The third-order valence-electron chi connectivity index (χ3n) is 3.83. The molecule has 0 saturated carbocycles. The minimum Gasteiger partial charge on any atom is -0.365 e. The lowest BCUT2D eigenvalue weighted by Crippen LogP contribution is -2.35. The number of nitrogens with one attached hydrogen (secondary N) is 1. The SMILES string of the molecule is CCc1nc2c(N3CCCC3CN)cccc2[nH]1. The Balaban J connectivity index is 2.07. The Bertz CT molecular complexity index is 546. The number of aryl methyl sites for hydroxylation is 1. The molecule has 3 N–H and O–H groups in total. The summed E-state index contributed by atoms with van der Waals surface area (Å²) < 4.78 is 0. The predicted octanol–water partition coefficient (Wildman–Crippen LogP) is 2.05. The van der Waals surface area contributed by atoms with Crippen LogP contribution in [0.2, 0.25) is 0 Å². The van der Waals surface area contributed by atoms with Gasteiger partial charge in [0.05, 0.1) is 11.2 Å². The summed E-state index contributed by atoms with van der Waals surface area (Å²) in [5.74, 6) is 1.06. The number of H-pyrrole nitrogens is 1. The Morgan fingerprint density at radius 3 is 3.17 bits per heavy atom. The second-order valence-corrected chi connectivity index (χ2v) is 4.94. The van der Waals surface area contributed by atoms with Crippen LogP contribution in [0.4, 0.5) is 5.69 Å². The number of nitrogens with two attached hydrogens (primary N) is 1. The number of nitrogens with zero attached hydrogens (tertiary/aromatic N) is 2. The number of benzene rings is 1. The summed E-state index contributed by atoms with van der Waals surface area (Å²) in [6.07, 6.45) is 3.36. The normalized spacial score (nSPS) is 19.9. The van der Waals surface area contributed by atoms with E-state index in [9.17, 15) is 0 Å². The summed E-state index contributed by atoms with van der Waals surface area (Å²) in [5.41, 5.74) is 9.32. The topological polar surface area (TPSA) is 57.9 Å². The highest BCUT2D eigenvalue weighted by Gasteiger charge is 2.25. The number of para-hydroxylation sites is 1. The van der Waals surface area contributed by atoms with E-state index in [1.54, 1.807) is 0 Å². The van der Waals surface area contributed by atoms with Crippen molar-refractivity contribution >= 4 is 16.7 Å². The molecule has 96 valence electrons. The first kappa shape index (κ1) is 11.5. The molecule has 1 fully saturated rings. The molecule has 0 amide bonds. The van der Waals surface area contributed by atoms with E-state index in [2.05, 4.69) is 35.0 Å². The van der Waals surface area contributed by atoms with Crippen molar-refractivity contribution in [3.63, 3.8) is 0 Å². The van der Waals surface area contributed by atoms with Gasteiger partial charge in [-0.05, 0) is 25.0 Å². The zero-order valence-electron chi connectivity index (χ0n) is 10.8. The first-order valence-corrected chi connectivity index (χ1v) is 6.77. The smallest absolute Gasteiger partial charge is 0.112 e. The van der Waals surface area contributed by atoms with Crippen LogP contribution in [0.25, 0.3) is 11.0 Å². The minimum absolute atomic E-state index is 0.470. The molecular weight excluding hydrogens is 224 g/mol. The van der Waals surface area contributed by atoms with Gasteiger partial charge < -0.3 is 15.6 Å². The van der Waals surface area contributed by atoms with Crippen LogP contribution in [0, 0.1) is 0 Å². The highest BCUT2D eigenvalue weighted by Crippen LogP contribution is 2.30. The molecule has 18 heavy (non-hydrogen) atoms. The van der Waals surface area contributed by atoms with Crippen molar-refractivity contribution in [1.82, 2.24) is 9.97 Å². The van der Waals surface area contributed by atoms with Crippen molar-refractivity contribution in [2.24, 2.45) is 5.73 Å². The fraction of sp³-hybridized carbons (Fsp3) is 0.500. The second-order valence-electron chi connectivity index (χ2n) is 4.94. The molecule has 1 saturated heterocycles. The Labute approximate surface area is 107 Å². The van der Waals surface area contributed by atoms with Crippen LogP contribution < -0.4 is 10.6 Å². The second kappa shape index (κ2) is 4.61. The van der Waals surface area contributed by atoms with Crippen molar-refractivity contribution in [2.45, 2.75) is 32.2 Å². The van der Waals surface area contributed by atoms with E-state index in [1.807, 2.05) is 0 Å². The monoisotopic (exact) mass is 244 g/mol. The van der Waals surface area contributed by atoms with Gasteiger partial charge in [0.15, 0.2) is 0 Å². The van der Waals surface area contributed by atoms with Crippen molar-refractivity contribution < 1.29 is 0 Å². The molecule has 0 bridgehead atoms. The summed E-state index contributed by atoms with van der Waals surface area (Å²) >= 11 is 0. The number of hydrogen-bond acceptors (Lipinski definition) is 3. The van der Waals surface area contributed by atoms with Gasteiger partial charge in [0, 0.05) is 25.6 Å². The van der Waals surface area contributed by atoms with Crippen molar-refractivity contribution in [2.75, 3.05) is 18.0 Å². The molecule has 3 rings (SSSR count). The fourth-order valence-electron chi connectivity index (χ4n) is 2.87. The highest BCUT2D eigenvalue weighted by molar-refractivity contribution is 5.89. The number of fused-ring (bicyclic) bond motifs is 1. The Morgan fingerprint density at radius 2 is 2.39 bits per heavy atom. The van der Waals surface area contributed by atoms with Crippen LogP contribution in [0.1, 0.15) is 25.6 Å². The lowest BCUT2D eigenvalue weighted by molar-refractivity contribution is 0.678. The molecule has 1 aromatic carbocycles. The molecule has 2 heterocycles. The lowest BCUT2D eigenvalue weighted by atomic mass is 10.2. The van der Waals surface area contributed by atoms with E-state index >= 15 is 0 Å². The van der Waals surface area contributed by atoms with Gasteiger partial charge in [-0.15, -0.1) is 0 Å². The molecule has 1 unspecified atom stereocenters. The number of anilines is 1. The molecule has 0 spiro atoms.